The molecule has 2 aliphatic heterocycles. The van der Waals surface area contributed by atoms with Gasteiger partial charge < -0.3 is 15.3 Å². The van der Waals surface area contributed by atoms with E-state index in [2.05, 4.69) is 12.2 Å². The van der Waals surface area contributed by atoms with Crippen LogP contribution in [0.2, 0.25) is 0 Å². The SMILES string of the molecule is CC1(C(=O)N2CCc3cc(C(=O)O)ccc3C2)CCNCC1. The van der Waals surface area contributed by atoms with Gasteiger partial charge in [-0.2, -0.15) is 0 Å². The van der Waals surface area contributed by atoms with Gasteiger partial charge in [-0.25, -0.2) is 4.79 Å². The zero-order valence-electron chi connectivity index (χ0n) is 12.9. The number of carboxylic acids is 1. The van der Waals surface area contributed by atoms with Crippen molar-refractivity contribution in [3.63, 3.8) is 0 Å². The predicted molar refractivity (Wildman–Crippen MR) is 82.7 cm³/mol. The molecule has 0 bridgehead atoms. The lowest BCUT2D eigenvalue weighted by Gasteiger charge is -2.39. The number of carboxylic acid groups (broad SMARTS) is 1. The van der Waals surface area contributed by atoms with E-state index in [0.29, 0.717) is 18.7 Å². The topological polar surface area (TPSA) is 69.6 Å². The van der Waals surface area contributed by atoms with Gasteiger partial charge in [0.25, 0.3) is 0 Å². The summed E-state index contributed by atoms with van der Waals surface area (Å²) in [7, 11) is 0. The first-order valence-corrected chi connectivity index (χ1v) is 7.85. The Morgan fingerprint density at radius 2 is 1.95 bits per heavy atom. The van der Waals surface area contributed by atoms with E-state index < -0.39 is 5.97 Å². The van der Waals surface area contributed by atoms with Crippen LogP contribution in [0.25, 0.3) is 0 Å². The number of piperidine rings is 1. The van der Waals surface area contributed by atoms with Crippen molar-refractivity contribution in [3.8, 4) is 0 Å². The second-order valence-corrected chi connectivity index (χ2v) is 6.58. The second-order valence-electron chi connectivity index (χ2n) is 6.58. The van der Waals surface area contributed by atoms with E-state index in [1.54, 1.807) is 12.1 Å². The van der Waals surface area contributed by atoms with Crippen molar-refractivity contribution >= 4 is 11.9 Å². The van der Waals surface area contributed by atoms with Gasteiger partial charge in [-0.15, -0.1) is 0 Å². The molecule has 0 radical (unpaired) electrons. The fourth-order valence-electron chi connectivity index (χ4n) is 3.43. The molecule has 5 heteroatoms. The lowest BCUT2D eigenvalue weighted by molar-refractivity contribution is -0.143. The van der Waals surface area contributed by atoms with Gasteiger partial charge in [0.1, 0.15) is 0 Å². The molecule has 2 N–H and O–H groups in total. The van der Waals surface area contributed by atoms with E-state index in [0.717, 1.165) is 43.5 Å². The molecular weight excluding hydrogens is 280 g/mol. The standard InChI is InChI=1S/C17H22N2O3/c1-17(5-7-18-8-6-17)16(22)19-9-4-12-10-13(15(20)21)2-3-14(12)11-19/h2-3,10,18H,4-9,11H2,1H3,(H,20,21). The van der Waals surface area contributed by atoms with Crippen LogP contribution in [0.1, 0.15) is 41.3 Å². The third-order valence-corrected chi connectivity index (χ3v) is 4.98. The highest BCUT2D eigenvalue weighted by molar-refractivity contribution is 5.88. The van der Waals surface area contributed by atoms with E-state index in [-0.39, 0.29) is 11.3 Å². The molecule has 2 aliphatic rings. The molecule has 0 aromatic heterocycles. The Bertz CT molecular complexity index is 606. The summed E-state index contributed by atoms with van der Waals surface area (Å²) < 4.78 is 0. The predicted octanol–water partition coefficient (Wildman–Crippen LogP) is 1.66. The lowest BCUT2D eigenvalue weighted by atomic mass is 9.79. The molecule has 1 aromatic carbocycles. The number of nitrogens with one attached hydrogen (secondary N) is 1. The van der Waals surface area contributed by atoms with Crippen LogP contribution in [-0.4, -0.2) is 41.5 Å². The number of carbonyl (C=O) groups excluding carboxylic acids is 1. The van der Waals surface area contributed by atoms with Crippen LogP contribution >= 0.6 is 0 Å². The van der Waals surface area contributed by atoms with Crippen molar-refractivity contribution in [2.45, 2.75) is 32.7 Å². The Morgan fingerprint density at radius 3 is 2.64 bits per heavy atom. The Labute approximate surface area is 130 Å². The molecule has 3 rings (SSSR count). The third-order valence-electron chi connectivity index (χ3n) is 4.98. The van der Waals surface area contributed by atoms with E-state index in [1.165, 1.54) is 0 Å². The number of hydrogen-bond acceptors (Lipinski definition) is 3. The molecule has 5 nitrogen and oxygen atoms in total. The largest absolute Gasteiger partial charge is 0.478 e. The molecule has 1 amide bonds. The van der Waals surface area contributed by atoms with Crippen LogP contribution < -0.4 is 5.32 Å². The van der Waals surface area contributed by atoms with Gasteiger partial charge in [0.05, 0.1) is 5.56 Å². The summed E-state index contributed by atoms with van der Waals surface area (Å²) in [6.45, 7) is 5.14. The van der Waals surface area contributed by atoms with Gasteiger partial charge in [0.2, 0.25) is 5.91 Å². The Hall–Kier alpha value is -1.88. The number of benzene rings is 1. The van der Waals surface area contributed by atoms with Crippen LogP contribution in [0, 0.1) is 5.41 Å². The summed E-state index contributed by atoms with van der Waals surface area (Å²) in [5.74, 6) is -0.662. The van der Waals surface area contributed by atoms with Gasteiger partial charge in [-0.1, -0.05) is 13.0 Å². The number of hydrogen-bond donors (Lipinski definition) is 2. The number of nitrogens with zero attached hydrogens (tertiary/aromatic N) is 1. The van der Waals surface area contributed by atoms with Crippen LogP contribution in [-0.2, 0) is 17.8 Å². The van der Waals surface area contributed by atoms with E-state index >= 15 is 0 Å². The summed E-state index contributed by atoms with van der Waals surface area (Å²) in [6, 6.07) is 5.22. The van der Waals surface area contributed by atoms with Gasteiger partial charge in [0, 0.05) is 18.5 Å². The Kier molecular flexibility index (Phi) is 3.91. The number of rotatable bonds is 2. The number of carbonyl (C=O) groups is 2. The van der Waals surface area contributed by atoms with E-state index in [9.17, 15) is 9.59 Å². The molecule has 1 fully saturated rings. The maximum Gasteiger partial charge on any atom is 0.335 e. The molecule has 2 heterocycles. The average Bonchev–Trinajstić information content (AvgIpc) is 2.53. The van der Waals surface area contributed by atoms with Crippen LogP contribution in [0.15, 0.2) is 18.2 Å². The molecular formula is C17H22N2O3. The van der Waals surface area contributed by atoms with Gasteiger partial charge in [-0.3, -0.25) is 4.79 Å². The zero-order valence-corrected chi connectivity index (χ0v) is 12.9. The molecule has 0 spiro atoms. The minimum Gasteiger partial charge on any atom is -0.478 e. The summed E-state index contributed by atoms with van der Waals surface area (Å²) in [4.78, 5) is 25.8. The van der Waals surface area contributed by atoms with E-state index in [4.69, 9.17) is 5.11 Å². The first-order valence-electron chi connectivity index (χ1n) is 7.85. The summed E-state index contributed by atoms with van der Waals surface area (Å²) in [5, 5.41) is 12.4. The number of fused-ring (bicyclic) bond motifs is 1. The lowest BCUT2D eigenvalue weighted by Crippen LogP contribution is -2.49. The van der Waals surface area contributed by atoms with Crippen molar-refractivity contribution in [3.05, 3.63) is 34.9 Å². The summed E-state index contributed by atoms with van der Waals surface area (Å²) in [5.41, 5.74) is 2.19. The molecule has 0 atom stereocenters. The van der Waals surface area contributed by atoms with Crippen molar-refractivity contribution in [2.24, 2.45) is 5.41 Å². The molecule has 0 aliphatic carbocycles. The highest BCUT2D eigenvalue weighted by Crippen LogP contribution is 2.32. The van der Waals surface area contributed by atoms with Gasteiger partial charge >= 0.3 is 5.97 Å². The first kappa shape index (κ1) is 15.0. The molecule has 1 aromatic rings. The minimum absolute atomic E-state index is 0.238. The molecule has 118 valence electrons. The average molecular weight is 302 g/mol. The van der Waals surface area contributed by atoms with Crippen LogP contribution in [0.3, 0.4) is 0 Å². The highest BCUT2D eigenvalue weighted by Gasteiger charge is 2.38. The molecule has 0 saturated carbocycles. The highest BCUT2D eigenvalue weighted by atomic mass is 16.4. The van der Waals surface area contributed by atoms with Crippen LogP contribution in [0.5, 0.6) is 0 Å². The number of aromatic carboxylic acids is 1. The first-order chi connectivity index (χ1) is 10.5. The molecule has 22 heavy (non-hydrogen) atoms. The summed E-state index contributed by atoms with van der Waals surface area (Å²) in [6.07, 6.45) is 2.50. The van der Waals surface area contributed by atoms with Crippen molar-refractivity contribution in [2.75, 3.05) is 19.6 Å². The molecule has 1 saturated heterocycles. The fraction of sp³-hybridized carbons (Fsp3) is 0.529. The van der Waals surface area contributed by atoms with Gasteiger partial charge in [0.15, 0.2) is 0 Å². The fourth-order valence-corrected chi connectivity index (χ4v) is 3.43. The maximum atomic E-state index is 12.9. The van der Waals surface area contributed by atoms with Crippen molar-refractivity contribution < 1.29 is 14.7 Å². The number of amides is 1. The van der Waals surface area contributed by atoms with Gasteiger partial charge in [-0.05, 0) is 55.6 Å². The third kappa shape index (κ3) is 2.73. The Morgan fingerprint density at radius 1 is 1.23 bits per heavy atom. The quantitative estimate of drug-likeness (QED) is 0.872. The van der Waals surface area contributed by atoms with Crippen molar-refractivity contribution in [1.29, 1.82) is 0 Å². The summed E-state index contributed by atoms with van der Waals surface area (Å²) >= 11 is 0. The normalized spacial score (nSPS) is 20.3. The minimum atomic E-state index is -0.900. The smallest absolute Gasteiger partial charge is 0.335 e. The van der Waals surface area contributed by atoms with E-state index in [1.807, 2.05) is 11.0 Å². The van der Waals surface area contributed by atoms with Crippen LogP contribution in [0.4, 0.5) is 0 Å². The van der Waals surface area contributed by atoms with Crippen molar-refractivity contribution in [1.82, 2.24) is 10.2 Å². The monoisotopic (exact) mass is 302 g/mol. The zero-order chi connectivity index (χ0) is 15.7. The maximum absolute atomic E-state index is 12.9. The second kappa shape index (κ2) is 5.72. The Balaban J connectivity index is 1.76. The molecule has 0 unspecified atom stereocenters.